The Balaban J connectivity index is 2.15. The van der Waals surface area contributed by atoms with Gasteiger partial charge in [-0.2, -0.15) is 11.8 Å². The van der Waals surface area contributed by atoms with Crippen LogP contribution in [0.25, 0.3) is 0 Å². The molecule has 0 saturated carbocycles. The van der Waals surface area contributed by atoms with Gasteiger partial charge in [0.25, 0.3) is 0 Å². The van der Waals surface area contributed by atoms with Crippen LogP contribution in [0.15, 0.2) is 17.2 Å². The smallest absolute Gasteiger partial charge is 0.151 e. The second-order valence-electron chi connectivity index (χ2n) is 3.94. The Morgan fingerprint density at radius 1 is 1.38 bits per heavy atom. The van der Waals surface area contributed by atoms with Crippen LogP contribution in [0.2, 0.25) is 0 Å². The summed E-state index contributed by atoms with van der Waals surface area (Å²) in [5.74, 6) is 2.19. The van der Waals surface area contributed by atoms with Gasteiger partial charge >= 0.3 is 0 Å². The van der Waals surface area contributed by atoms with Gasteiger partial charge in [-0.1, -0.05) is 6.92 Å². The molecule has 16 heavy (non-hydrogen) atoms. The molecule has 2 rings (SSSR count). The lowest BCUT2D eigenvalue weighted by Gasteiger charge is -2.38. The fourth-order valence-corrected chi connectivity index (χ4v) is 3.26. The number of thioether (sulfide) groups is 2. The van der Waals surface area contributed by atoms with Gasteiger partial charge in [-0.3, -0.25) is 0 Å². The summed E-state index contributed by atoms with van der Waals surface area (Å²) in [6.45, 7) is 5.62. The lowest BCUT2D eigenvalue weighted by Crippen LogP contribution is -2.45. The van der Waals surface area contributed by atoms with Gasteiger partial charge in [0, 0.05) is 23.6 Å². The lowest BCUT2D eigenvalue weighted by molar-refractivity contribution is 0.614. The largest absolute Gasteiger partial charge is 0.350 e. The van der Waals surface area contributed by atoms with E-state index < -0.39 is 0 Å². The van der Waals surface area contributed by atoms with Gasteiger partial charge in [-0.15, -0.1) is 22.0 Å². The van der Waals surface area contributed by atoms with Crippen molar-refractivity contribution < 1.29 is 0 Å². The molecule has 0 N–H and O–H groups in total. The van der Waals surface area contributed by atoms with Crippen molar-refractivity contribution in [2.24, 2.45) is 0 Å². The summed E-state index contributed by atoms with van der Waals surface area (Å²) in [5, 5.41) is 10.1. The molecule has 1 saturated heterocycles. The number of aromatic nitrogens is 2. The van der Waals surface area contributed by atoms with E-state index in [-0.39, 0.29) is 0 Å². The highest BCUT2D eigenvalue weighted by atomic mass is 32.2. The molecule has 0 radical (unpaired) electrons. The molecule has 2 atom stereocenters. The molecule has 1 aromatic rings. The summed E-state index contributed by atoms with van der Waals surface area (Å²) < 4.78 is 0. The van der Waals surface area contributed by atoms with Crippen LogP contribution in [0.1, 0.15) is 13.8 Å². The van der Waals surface area contributed by atoms with Gasteiger partial charge in [-0.05, 0) is 25.3 Å². The van der Waals surface area contributed by atoms with Crippen molar-refractivity contribution in [1.29, 1.82) is 0 Å². The average molecular weight is 255 g/mol. The maximum Gasteiger partial charge on any atom is 0.151 e. The second kappa shape index (κ2) is 5.27. The van der Waals surface area contributed by atoms with Crippen molar-refractivity contribution in [3.63, 3.8) is 0 Å². The molecular weight excluding hydrogens is 238 g/mol. The Morgan fingerprint density at radius 3 is 2.81 bits per heavy atom. The van der Waals surface area contributed by atoms with Crippen LogP contribution >= 0.6 is 23.5 Å². The van der Waals surface area contributed by atoms with E-state index in [1.54, 1.807) is 11.8 Å². The van der Waals surface area contributed by atoms with Gasteiger partial charge in [0.05, 0.1) is 0 Å². The number of anilines is 1. The van der Waals surface area contributed by atoms with Crippen LogP contribution in [0, 0.1) is 0 Å². The predicted molar refractivity (Wildman–Crippen MR) is 72.5 cm³/mol. The first-order valence-corrected chi connectivity index (χ1v) is 7.75. The molecule has 2 heterocycles. The minimum absolute atomic E-state index is 0.535. The third kappa shape index (κ3) is 2.46. The molecule has 1 fully saturated rings. The second-order valence-corrected chi connectivity index (χ2v) is 6.26. The number of hydrogen-bond donors (Lipinski definition) is 0. The van der Waals surface area contributed by atoms with E-state index in [0.29, 0.717) is 11.3 Å². The molecule has 1 aromatic heterocycles. The molecular formula is C11H17N3S2. The van der Waals surface area contributed by atoms with Crippen LogP contribution in [0.4, 0.5) is 5.82 Å². The van der Waals surface area contributed by atoms with Gasteiger partial charge < -0.3 is 4.90 Å². The van der Waals surface area contributed by atoms with E-state index in [9.17, 15) is 0 Å². The summed E-state index contributed by atoms with van der Waals surface area (Å²) in [5.41, 5.74) is 0. The normalized spacial score (nSPS) is 25.8. The predicted octanol–water partition coefficient (Wildman–Crippen LogP) is 2.53. The van der Waals surface area contributed by atoms with E-state index >= 15 is 0 Å². The summed E-state index contributed by atoms with van der Waals surface area (Å²) in [6, 6.07) is 4.66. The SMILES string of the molecule is CSc1ccc(N2CCSC(C)C2C)nn1. The Labute approximate surface area is 105 Å². The van der Waals surface area contributed by atoms with Crippen molar-refractivity contribution >= 4 is 29.3 Å². The van der Waals surface area contributed by atoms with E-state index in [4.69, 9.17) is 0 Å². The first kappa shape index (κ1) is 12.0. The summed E-state index contributed by atoms with van der Waals surface area (Å²) in [7, 11) is 0. The molecule has 0 aliphatic carbocycles. The van der Waals surface area contributed by atoms with E-state index in [1.807, 2.05) is 24.1 Å². The van der Waals surface area contributed by atoms with Gasteiger partial charge in [0.15, 0.2) is 5.82 Å². The van der Waals surface area contributed by atoms with Crippen LogP contribution in [-0.2, 0) is 0 Å². The lowest BCUT2D eigenvalue weighted by atomic mass is 10.2. The molecule has 0 bridgehead atoms. The van der Waals surface area contributed by atoms with E-state index in [1.165, 1.54) is 5.75 Å². The fourth-order valence-electron chi connectivity index (χ4n) is 1.83. The summed E-state index contributed by atoms with van der Waals surface area (Å²) >= 11 is 3.67. The Morgan fingerprint density at radius 2 is 2.19 bits per heavy atom. The molecule has 88 valence electrons. The van der Waals surface area contributed by atoms with Gasteiger partial charge in [0.1, 0.15) is 5.03 Å². The molecule has 5 heteroatoms. The maximum absolute atomic E-state index is 4.30. The molecule has 0 amide bonds. The highest BCUT2D eigenvalue weighted by Gasteiger charge is 2.26. The zero-order valence-corrected chi connectivity index (χ0v) is 11.5. The Kier molecular flexibility index (Phi) is 3.97. The molecule has 1 aliphatic rings. The van der Waals surface area contributed by atoms with Gasteiger partial charge in [-0.25, -0.2) is 0 Å². The summed E-state index contributed by atoms with van der Waals surface area (Å²) in [6.07, 6.45) is 2.02. The van der Waals surface area contributed by atoms with Crippen LogP contribution in [0.3, 0.4) is 0 Å². The van der Waals surface area contributed by atoms with Crippen molar-refractivity contribution in [1.82, 2.24) is 10.2 Å². The highest BCUT2D eigenvalue weighted by Crippen LogP contribution is 2.27. The highest BCUT2D eigenvalue weighted by molar-refractivity contribution is 8.00. The Bertz CT molecular complexity index is 342. The van der Waals surface area contributed by atoms with Crippen LogP contribution < -0.4 is 4.90 Å². The summed E-state index contributed by atoms with van der Waals surface area (Å²) in [4.78, 5) is 2.36. The topological polar surface area (TPSA) is 29.0 Å². The van der Waals surface area contributed by atoms with Crippen molar-refractivity contribution in [3.8, 4) is 0 Å². The Hall–Kier alpha value is -0.420. The molecule has 1 aliphatic heterocycles. The average Bonchev–Trinajstić information content (AvgIpc) is 2.33. The zero-order chi connectivity index (χ0) is 11.5. The minimum atomic E-state index is 0.535. The van der Waals surface area contributed by atoms with E-state index in [2.05, 4.69) is 35.0 Å². The van der Waals surface area contributed by atoms with Crippen LogP contribution in [0.5, 0.6) is 0 Å². The molecule has 0 spiro atoms. The fraction of sp³-hybridized carbons (Fsp3) is 0.636. The van der Waals surface area contributed by atoms with Crippen molar-refractivity contribution in [3.05, 3.63) is 12.1 Å². The third-order valence-electron chi connectivity index (χ3n) is 3.01. The van der Waals surface area contributed by atoms with E-state index in [0.717, 1.165) is 17.4 Å². The first-order chi connectivity index (χ1) is 7.72. The van der Waals surface area contributed by atoms with Crippen molar-refractivity contribution in [2.75, 3.05) is 23.5 Å². The molecule has 3 nitrogen and oxygen atoms in total. The molecule has 2 unspecified atom stereocenters. The van der Waals surface area contributed by atoms with Crippen LogP contribution in [-0.4, -0.2) is 40.0 Å². The van der Waals surface area contributed by atoms with Crippen molar-refractivity contribution in [2.45, 2.75) is 30.2 Å². The quantitative estimate of drug-likeness (QED) is 0.758. The third-order valence-corrected chi connectivity index (χ3v) is 4.99. The number of rotatable bonds is 2. The minimum Gasteiger partial charge on any atom is -0.350 e. The number of nitrogens with zero attached hydrogens (tertiary/aromatic N) is 3. The molecule has 0 aromatic carbocycles. The number of hydrogen-bond acceptors (Lipinski definition) is 5. The maximum atomic E-state index is 4.30. The first-order valence-electron chi connectivity index (χ1n) is 5.48. The monoisotopic (exact) mass is 255 g/mol. The standard InChI is InChI=1S/C11H17N3S2/c1-8-9(2)16-7-6-14(8)10-4-5-11(15-3)13-12-10/h4-5,8-9H,6-7H2,1-3H3. The zero-order valence-electron chi connectivity index (χ0n) is 9.88. The van der Waals surface area contributed by atoms with Gasteiger partial charge in [0.2, 0.25) is 0 Å².